The number of sulfonamides is 1. The number of nitrogens with zero attached hydrogens (tertiary/aromatic N) is 1. The first-order valence-corrected chi connectivity index (χ1v) is 11.9. The Kier molecular flexibility index (Phi) is 5.30. The second kappa shape index (κ2) is 7.33. The van der Waals surface area contributed by atoms with Crippen LogP contribution >= 0.6 is 11.3 Å². The Morgan fingerprint density at radius 1 is 1.27 bits per heavy atom. The van der Waals surface area contributed by atoms with E-state index in [9.17, 15) is 21.6 Å². The van der Waals surface area contributed by atoms with Gasteiger partial charge in [0.2, 0.25) is 5.91 Å². The van der Waals surface area contributed by atoms with Crippen LogP contribution < -0.4 is 10.0 Å². The first-order valence-electron chi connectivity index (χ1n) is 7.76. The normalized spacial score (nSPS) is 19.2. The van der Waals surface area contributed by atoms with Crippen molar-refractivity contribution in [3.63, 3.8) is 0 Å². The molecule has 1 aliphatic heterocycles. The van der Waals surface area contributed by atoms with Crippen LogP contribution in [-0.2, 0) is 31.1 Å². The van der Waals surface area contributed by atoms with E-state index in [1.165, 1.54) is 12.1 Å². The Balaban J connectivity index is 1.59. The van der Waals surface area contributed by atoms with E-state index in [4.69, 9.17) is 0 Å². The Labute approximate surface area is 155 Å². The van der Waals surface area contributed by atoms with E-state index in [2.05, 4.69) is 15.0 Å². The minimum atomic E-state index is -3.73. The van der Waals surface area contributed by atoms with Crippen LogP contribution in [0.25, 0.3) is 0 Å². The third-order valence-electron chi connectivity index (χ3n) is 3.77. The van der Waals surface area contributed by atoms with Gasteiger partial charge >= 0.3 is 0 Å². The zero-order valence-corrected chi connectivity index (χ0v) is 16.0. The molecule has 1 atom stereocenters. The van der Waals surface area contributed by atoms with Crippen molar-refractivity contribution in [2.24, 2.45) is 0 Å². The van der Waals surface area contributed by atoms with Gasteiger partial charge in [-0.1, -0.05) is 18.2 Å². The van der Waals surface area contributed by atoms with Crippen molar-refractivity contribution in [2.45, 2.75) is 23.8 Å². The zero-order valence-electron chi connectivity index (χ0n) is 13.6. The molecular weight excluding hydrogens is 398 g/mol. The maximum atomic E-state index is 12.2. The molecule has 1 aromatic heterocycles. The number of anilines is 1. The number of sulfone groups is 1. The maximum absolute atomic E-state index is 12.2. The third-order valence-corrected chi connectivity index (χ3v) is 7.82. The number of hydrogen-bond donors (Lipinski definition) is 2. The van der Waals surface area contributed by atoms with Crippen LogP contribution in [-0.4, -0.2) is 45.3 Å². The number of benzene rings is 1. The van der Waals surface area contributed by atoms with Crippen molar-refractivity contribution in [1.29, 1.82) is 0 Å². The number of aromatic nitrogens is 1. The first-order chi connectivity index (χ1) is 12.2. The van der Waals surface area contributed by atoms with Gasteiger partial charge in [-0.25, -0.2) is 21.8 Å². The van der Waals surface area contributed by atoms with Crippen LogP contribution in [0.4, 0.5) is 5.13 Å². The molecule has 1 amide bonds. The molecule has 0 aliphatic carbocycles. The molecule has 140 valence electrons. The van der Waals surface area contributed by atoms with Crippen LogP contribution in [0.15, 0.2) is 40.6 Å². The highest BCUT2D eigenvalue weighted by Crippen LogP contribution is 2.20. The van der Waals surface area contributed by atoms with E-state index < -0.39 is 19.9 Å². The molecule has 11 heteroatoms. The van der Waals surface area contributed by atoms with E-state index in [1.54, 1.807) is 23.6 Å². The summed E-state index contributed by atoms with van der Waals surface area (Å²) in [6.07, 6.45) is 0.368. The summed E-state index contributed by atoms with van der Waals surface area (Å²) < 4.78 is 49.7. The molecule has 0 radical (unpaired) electrons. The summed E-state index contributed by atoms with van der Waals surface area (Å²) in [5.74, 6) is -0.298. The monoisotopic (exact) mass is 415 g/mol. The number of rotatable bonds is 6. The number of carbonyl (C=O) groups excluding carboxylic acids is 1. The van der Waals surface area contributed by atoms with Crippen molar-refractivity contribution in [1.82, 2.24) is 10.3 Å². The van der Waals surface area contributed by atoms with Crippen molar-refractivity contribution >= 4 is 42.2 Å². The molecule has 0 spiro atoms. The minimum Gasteiger partial charge on any atom is -0.352 e. The Hall–Kier alpha value is -1.98. The van der Waals surface area contributed by atoms with Crippen LogP contribution in [0.3, 0.4) is 0 Å². The first kappa shape index (κ1) is 18.8. The fourth-order valence-electron chi connectivity index (χ4n) is 2.56. The van der Waals surface area contributed by atoms with Crippen molar-refractivity contribution in [3.8, 4) is 0 Å². The van der Waals surface area contributed by atoms with Gasteiger partial charge in [0.15, 0.2) is 15.0 Å². The lowest BCUT2D eigenvalue weighted by atomic mass is 10.2. The molecule has 1 fully saturated rings. The van der Waals surface area contributed by atoms with Crippen LogP contribution in [0, 0.1) is 0 Å². The molecule has 1 aromatic carbocycles. The van der Waals surface area contributed by atoms with Crippen LogP contribution in [0.2, 0.25) is 0 Å². The predicted octanol–water partition coefficient (Wildman–Crippen LogP) is 0.790. The van der Waals surface area contributed by atoms with E-state index in [0.29, 0.717) is 12.1 Å². The predicted molar refractivity (Wildman–Crippen MR) is 98.3 cm³/mol. The summed E-state index contributed by atoms with van der Waals surface area (Å²) in [6, 6.07) is 7.53. The second-order valence-corrected chi connectivity index (χ2v) is 10.7. The molecule has 2 heterocycles. The van der Waals surface area contributed by atoms with Crippen molar-refractivity contribution < 1.29 is 21.6 Å². The van der Waals surface area contributed by atoms with E-state index in [-0.39, 0.29) is 39.9 Å². The average Bonchev–Trinajstić information content (AvgIpc) is 3.13. The Bertz CT molecular complexity index is 1000. The number of nitrogens with one attached hydrogen (secondary N) is 2. The summed E-state index contributed by atoms with van der Waals surface area (Å²) in [6.45, 7) is 0. The highest BCUT2D eigenvalue weighted by molar-refractivity contribution is 7.93. The van der Waals surface area contributed by atoms with Gasteiger partial charge in [0.1, 0.15) is 0 Å². The Morgan fingerprint density at radius 2 is 2.00 bits per heavy atom. The van der Waals surface area contributed by atoms with Gasteiger partial charge in [-0.3, -0.25) is 9.52 Å². The summed E-state index contributed by atoms with van der Waals surface area (Å²) in [7, 11) is -6.79. The molecule has 0 bridgehead atoms. The molecule has 1 saturated heterocycles. The number of amides is 1. The third kappa shape index (κ3) is 4.80. The molecule has 8 nitrogen and oxygen atoms in total. The van der Waals surface area contributed by atoms with E-state index >= 15 is 0 Å². The fraction of sp³-hybridized carbons (Fsp3) is 0.333. The molecule has 3 rings (SSSR count). The lowest BCUT2D eigenvalue weighted by Gasteiger charge is -2.09. The lowest BCUT2D eigenvalue weighted by Crippen LogP contribution is -2.36. The summed E-state index contributed by atoms with van der Waals surface area (Å²) in [5, 5.41) is 4.43. The van der Waals surface area contributed by atoms with Gasteiger partial charge in [0.05, 0.1) is 28.5 Å². The zero-order chi connectivity index (χ0) is 18.8. The van der Waals surface area contributed by atoms with Crippen LogP contribution in [0.5, 0.6) is 0 Å². The highest BCUT2D eigenvalue weighted by Gasteiger charge is 2.29. The molecule has 2 aromatic rings. The van der Waals surface area contributed by atoms with Gasteiger partial charge < -0.3 is 5.32 Å². The van der Waals surface area contributed by atoms with Crippen LogP contribution in [0.1, 0.15) is 12.1 Å². The molecule has 0 saturated carbocycles. The van der Waals surface area contributed by atoms with Crippen molar-refractivity contribution in [2.75, 3.05) is 16.2 Å². The average molecular weight is 416 g/mol. The fourth-order valence-corrected chi connectivity index (χ4v) is 6.22. The molecule has 2 N–H and O–H groups in total. The quantitative estimate of drug-likeness (QED) is 0.719. The Morgan fingerprint density at radius 3 is 2.65 bits per heavy atom. The summed E-state index contributed by atoms with van der Waals surface area (Å²) in [4.78, 5) is 16.3. The summed E-state index contributed by atoms with van der Waals surface area (Å²) >= 11 is 1.08. The topological polar surface area (TPSA) is 122 Å². The summed E-state index contributed by atoms with van der Waals surface area (Å²) in [5.41, 5.74) is 0.416. The smallest absolute Gasteiger partial charge is 0.263 e. The van der Waals surface area contributed by atoms with Gasteiger partial charge in [-0.15, -0.1) is 11.3 Å². The SMILES string of the molecule is O=C(Cc1csc(NS(=O)(=O)c2ccccc2)n1)N[C@@H]1CCS(=O)(=O)C1. The van der Waals surface area contributed by atoms with E-state index in [1.807, 2.05) is 0 Å². The number of hydrogen-bond acceptors (Lipinski definition) is 7. The molecule has 1 aliphatic rings. The van der Waals surface area contributed by atoms with Gasteiger partial charge in [0, 0.05) is 11.4 Å². The lowest BCUT2D eigenvalue weighted by molar-refractivity contribution is -0.121. The standard InChI is InChI=1S/C15H17N3O5S3/c19-14(16-11-6-7-25(20,21)10-11)8-12-9-24-15(17-12)18-26(22,23)13-4-2-1-3-5-13/h1-5,9,11H,6-8,10H2,(H,16,19)(H,17,18)/t11-/m1/s1. The van der Waals surface area contributed by atoms with Gasteiger partial charge in [-0.2, -0.15) is 0 Å². The number of thiazole rings is 1. The van der Waals surface area contributed by atoms with Gasteiger partial charge in [0.25, 0.3) is 10.0 Å². The second-order valence-electron chi connectivity index (χ2n) is 5.91. The largest absolute Gasteiger partial charge is 0.352 e. The maximum Gasteiger partial charge on any atom is 0.263 e. The van der Waals surface area contributed by atoms with E-state index in [0.717, 1.165) is 11.3 Å². The minimum absolute atomic E-state index is 0.0416. The van der Waals surface area contributed by atoms with Gasteiger partial charge in [-0.05, 0) is 18.6 Å². The molecule has 26 heavy (non-hydrogen) atoms. The van der Waals surface area contributed by atoms with Crippen molar-refractivity contribution in [3.05, 3.63) is 41.4 Å². The highest BCUT2D eigenvalue weighted by atomic mass is 32.2. The molecule has 0 unspecified atom stereocenters. The molecular formula is C15H17N3O5S3. The number of carbonyl (C=O) groups is 1.